The molecule has 7 nitrogen and oxygen atoms in total. The van der Waals surface area contributed by atoms with E-state index in [2.05, 4.69) is 18.0 Å². The van der Waals surface area contributed by atoms with E-state index in [1.807, 2.05) is 55.5 Å². The molecule has 37 heavy (non-hydrogen) atoms. The predicted molar refractivity (Wildman–Crippen MR) is 138 cm³/mol. The molecule has 1 aromatic heterocycles. The molecule has 1 fully saturated rings. The van der Waals surface area contributed by atoms with E-state index in [4.69, 9.17) is 23.4 Å². The van der Waals surface area contributed by atoms with Crippen LogP contribution in [0.25, 0.3) is 10.8 Å². The van der Waals surface area contributed by atoms with Gasteiger partial charge < -0.3 is 28.3 Å². The molecule has 0 saturated carbocycles. The fraction of sp³-hybridized carbons (Fsp3) is 0.433. The summed E-state index contributed by atoms with van der Waals surface area (Å²) in [4.78, 5) is 15.8. The van der Waals surface area contributed by atoms with Crippen LogP contribution in [0.3, 0.4) is 0 Å². The SMILES string of the molecule is COCO[C@@H]1C[C@@]23CN(C)CCO[C@@]2(CC=C3[C@@H](C)OC(=O)c2cccc3ccccc23)c2ccoc21. The zero-order chi connectivity index (χ0) is 25.6. The molecule has 2 heterocycles. The summed E-state index contributed by atoms with van der Waals surface area (Å²) in [6.45, 7) is 4.32. The maximum absolute atomic E-state index is 13.5. The largest absolute Gasteiger partial charge is 0.466 e. The van der Waals surface area contributed by atoms with Crippen LogP contribution in [0, 0.1) is 5.41 Å². The molecular weight excluding hydrogens is 470 g/mol. The molecule has 0 amide bonds. The van der Waals surface area contributed by atoms with Crippen molar-refractivity contribution in [2.45, 2.75) is 37.6 Å². The van der Waals surface area contributed by atoms with Crippen LogP contribution in [0.1, 0.15) is 47.6 Å². The number of ether oxygens (including phenoxy) is 4. The van der Waals surface area contributed by atoms with Crippen LogP contribution in [0.5, 0.6) is 0 Å². The lowest BCUT2D eigenvalue weighted by Gasteiger charge is -2.52. The van der Waals surface area contributed by atoms with Gasteiger partial charge in [0.15, 0.2) is 0 Å². The summed E-state index contributed by atoms with van der Waals surface area (Å²) in [5, 5.41) is 1.90. The first-order chi connectivity index (χ1) is 18.0. The molecule has 194 valence electrons. The normalized spacial score (nSPS) is 28.1. The van der Waals surface area contributed by atoms with Crippen molar-refractivity contribution >= 4 is 16.7 Å². The third kappa shape index (κ3) is 3.76. The first-order valence-corrected chi connectivity index (χ1v) is 12.9. The number of likely N-dealkylation sites (N-methyl/N-ethyl adjacent to an activating group) is 1. The lowest BCUT2D eigenvalue weighted by Crippen LogP contribution is -2.54. The molecule has 2 aromatic carbocycles. The number of methoxy groups -OCH3 is 1. The number of carbonyl (C=O) groups excluding carboxylic acids is 1. The molecule has 1 aliphatic heterocycles. The van der Waals surface area contributed by atoms with E-state index in [0.29, 0.717) is 25.0 Å². The molecule has 0 unspecified atom stereocenters. The van der Waals surface area contributed by atoms with Crippen LogP contribution < -0.4 is 0 Å². The van der Waals surface area contributed by atoms with Crippen LogP contribution in [0.15, 0.2) is 70.9 Å². The van der Waals surface area contributed by atoms with Crippen molar-refractivity contribution in [2.24, 2.45) is 5.41 Å². The van der Waals surface area contributed by atoms with Gasteiger partial charge in [-0.2, -0.15) is 0 Å². The third-order valence-electron chi connectivity index (χ3n) is 8.37. The van der Waals surface area contributed by atoms with Gasteiger partial charge in [-0.1, -0.05) is 42.5 Å². The first-order valence-electron chi connectivity index (χ1n) is 12.9. The van der Waals surface area contributed by atoms with E-state index in [1.54, 1.807) is 13.4 Å². The summed E-state index contributed by atoms with van der Waals surface area (Å²) in [6.07, 6.45) is 4.53. The van der Waals surface area contributed by atoms with Gasteiger partial charge in [-0.3, -0.25) is 0 Å². The second kappa shape index (κ2) is 9.40. The number of rotatable bonds is 6. The topological polar surface area (TPSA) is 70.4 Å². The molecule has 3 aromatic rings. The minimum absolute atomic E-state index is 0.162. The van der Waals surface area contributed by atoms with Crippen molar-refractivity contribution in [3.05, 3.63) is 83.3 Å². The maximum Gasteiger partial charge on any atom is 0.339 e. The zero-order valence-corrected chi connectivity index (χ0v) is 21.6. The van der Waals surface area contributed by atoms with Gasteiger partial charge in [-0.15, -0.1) is 0 Å². The molecule has 0 radical (unpaired) electrons. The third-order valence-corrected chi connectivity index (χ3v) is 8.37. The summed E-state index contributed by atoms with van der Waals surface area (Å²) in [6, 6.07) is 15.6. The van der Waals surface area contributed by atoms with E-state index in [-0.39, 0.29) is 18.9 Å². The highest BCUT2D eigenvalue weighted by molar-refractivity contribution is 6.04. The van der Waals surface area contributed by atoms with Crippen LogP contribution in [0.4, 0.5) is 0 Å². The van der Waals surface area contributed by atoms with Crippen LogP contribution in [0.2, 0.25) is 0 Å². The number of hydrogen-bond acceptors (Lipinski definition) is 7. The lowest BCUT2D eigenvalue weighted by atomic mass is 9.59. The highest BCUT2D eigenvalue weighted by Crippen LogP contribution is 2.65. The van der Waals surface area contributed by atoms with E-state index < -0.39 is 17.1 Å². The molecule has 1 saturated heterocycles. The van der Waals surface area contributed by atoms with Gasteiger partial charge in [0.05, 0.1) is 18.4 Å². The molecule has 0 bridgehead atoms. The minimum Gasteiger partial charge on any atom is -0.466 e. The first kappa shape index (κ1) is 24.4. The van der Waals surface area contributed by atoms with E-state index in [9.17, 15) is 4.79 Å². The molecule has 0 spiro atoms. The lowest BCUT2D eigenvalue weighted by molar-refractivity contribution is -0.160. The molecule has 6 rings (SSSR count). The molecule has 4 atom stereocenters. The Morgan fingerprint density at radius 2 is 2.03 bits per heavy atom. The van der Waals surface area contributed by atoms with Gasteiger partial charge in [-0.05, 0) is 48.9 Å². The van der Waals surface area contributed by atoms with Crippen LogP contribution >= 0.6 is 0 Å². The fourth-order valence-electron chi connectivity index (χ4n) is 6.85. The van der Waals surface area contributed by atoms with Crippen molar-refractivity contribution in [1.29, 1.82) is 0 Å². The highest BCUT2D eigenvalue weighted by Gasteiger charge is 2.65. The predicted octanol–water partition coefficient (Wildman–Crippen LogP) is 5.22. The monoisotopic (exact) mass is 503 g/mol. The van der Waals surface area contributed by atoms with Crippen LogP contribution in [-0.4, -0.2) is 57.6 Å². The number of fused-ring (bicyclic) bond motifs is 2. The summed E-state index contributed by atoms with van der Waals surface area (Å²) in [5.41, 5.74) is 1.62. The fourth-order valence-corrected chi connectivity index (χ4v) is 6.85. The highest BCUT2D eigenvalue weighted by atomic mass is 16.7. The number of hydrogen-bond donors (Lipinski definition) is 0. The van der Waals surface area contributed by atoms with Gasteiger partial charge in [0.25, 0.3) is 0 Å². The van der Waals surface area contributed by atoms with Crippen LogP contribution in [-0.2, 0) is 24.5 Å². The van der Waals surface area contributed by atoms with Crippen molar-refractivity contribution in [2.75, 3.05) is 40.6 Å². The minimum atomic E-state index is -0.595. The Balaban J connectivity index is 1.38. The molecule has 2 aliphatic carbocycles. The van der Waals surface area contributed by atoms with Gasteiger partial charge in [0.1, 0.15) is 30.4 Å². The number of furan rings is 1. The Morgan fingerprint density at radius 1 is 1.19 bits per heavy atom. The standard InChI is InChI=1S/C30H33NO6/c1-20(37-28(32)23-10-6-8-21-7-4-5-9-22(21)23)24-11-13-30-25-12-15-34-27(25)26(35-19-33-3)17-29(24,30)18-31(2)14-16-36-30/h4-12,15,20,26H,13-14,16-19H2,1-3H3/t20-,26-,29+,30+/m1/s1. The number of carbonyl (C=O) groups is 1. The average molecular weight is 504 g/mol. The Bertz CT molecular complexity index is 1340. The molecule has 0 N–H and O–H groups in total. The van der Waals surface area contributed by atoms with Crippen molar-refractivity contribution < 1.29 is 28.2 Å². The Hall–Kier alpha value is -2.97. The van der Waals surface area contributed by atoms with E-state index in [1.165, 1.54) is 0 Å². The van der Waals surface area contributed by atoms with Gasteiger partial charge in [-0.25, -0.2) is 4.79 Å². The van der Waals surface area contributed by atoms with E-state index >= 15 is 0 Å². The number of nitrogens with zero attached hydrogens (tertiary/aromatic N) is 1. The van der Waals surface area contributed by atoms with Gasteiger partial charge >= 0.3 is 5.97 Å². The summed E-state index contributed by atoms with van der Waals surface area (Å²) in [5.74, 6) is 0.473. The second-order valence-corrected chi connectivity index (χ2v) is 10.4. The summed E-state index contributed by atoms with van der Waals surface area (Å²) in [7, 11) is 3.74. The molecule has 7 heteroatoms. The summed E-state index contributed by atoms with van der Waals surface area (Å²) < 4.78 is 30.3. The number of esters is 1. The van der Waals surface area contributed by atoms with Crippen molar-refractivity contribution in [3.63, 3.8) is 0 Å². The van der Waals surface area contributed by atoms with E-state index in [0.717, 1.165) is 40.8 Å². The summed E-state index contributed by atoms with van der Waals surface area (Å²) >= 11 is 0. The quantitative estimate of drug-likeness (QED) is 0.260. The molecule has 3 aliphatic rings. The smallest absolute Gasteiger partial charge is 0.339 e. The molecular formula is C30H33NO6. The van der Waals surface area contributed by atoms with Gasteiger partial charge in [0, 0.05) is 37.6 Å². The maximum atomic E-state index is 13.5. The Morgan fingerprint density at radius 3 is 2.89 bits per heavy atom. The zero-order valence-electron chi connectivity index (χ0n) is 21.6. The van der Waals surface area contributed by atoms with Crippen molar-refractivity contribution in [1.82, 2.24) is 4.90 Å². The average Bonchev–Trinajstić information content (AvgIpc) is 3.47. The van der Waals surface area contributed by atoms with Gasteiger partial charge in [0.2, 0.25) is 0 Å². The van der Waals surface area contributed by atoms with Crippen molar-refractivity contribution in [3.8, 4) is 0 Å². The Labute approximate surface area is 216 Å². The second-order valence-electron chi connectivity index (χ2n) is 10.4. The number of benzene rings is 2. The Kier molecular flexibility index (Phi) is 6.19.